The second-order valence-electron chi connectivity index (χ2n) is 6.51. The van der Waals surface area contributed by atoms with Gasteiger partial charge in [-0.25, -0.2) is 0 Å². The number of carbonyl (C=O) groups excluding carboxylic acids is 1. The summed E-state index contributed by atoms with van der Waals surface area (Å²) in [6, 6.07) is 30.2. The molecule has 0 bridgehead atoms. The number of anilines is 1. The van der Waals surface area contributed by atoms with E-state index in [-0.39, 0.29) is 17.7 Å². The molecule has 1 aliphatic rings. The Morgan fingerprint density at radius 2 is 1.32 bits per heavy atom. The highest BCUT2D eigenvalue weighted by atomic mass is 16.1. The third-order valence-corrected chi connectivity index (χ3v) is 5.04. The third kappa shape index (κ3) is 3.08. The number of ketones is 1. The van der Waals surface area contributed by atoms with E-state index in [9.17, 15) is 4.79 Å². The maximum Gasteiger partial charge on any atom is 0.185 e. The second-order valence-corrected chi connectivity index (χ2v) is 6.51. The van der Waals surface area contributed by atoms with Crippen LogP contribution in [-0.2, 0) is 0 Å². The fourth-order valence-corrected chi connectivity index (χ4v) is 3.85. The first-order chi connectivity index (χ1) is 12.3. The molecule has 2 unspecified atom stereocenters. The average Bonchev–Trinajstić information content (AvgIpc) is 3.14. The standard InChI is InChI=1S/C23H21NO/c25-23(19-12-6-2-7-13-19)22-21(18-10-4-1-5-11-18)16-17-24(22)20-14-8-3-9-15-20/h1-15,21-22H,16-17H2. The summed E-state index contributed by atoms with van der Waals surface area (Å²) < 4.78 is 0. The summed E-state index contributed by atoms with van der Waals surface area (Å²) in [4.78, 5) is 15.6. The lowest BCUT2D eigenvalue weighted by Crippen LogP contribution is -2.39. The molecule has 0 aliphatic carbocycles. The van der Waals surface area contributed by atoms with E-state index in [1.165, 1.54) is 5.56 Å². The average molecular weight is 327 g/mol. The predicted molar refractivity (Wildman–Crippen MR) is 102 cm³/mol. The number of hydrogen-bond acceptors (Lipinski definition) is 2. The highest BCUT2D eigenvalue weighted by Crippen LogP contribution is 2.38. The molecule has 1 fully saturated rings. The Morgan fingerprint density at radius 3 is 1.96 bits per heavy atom. The normalized spacial score (nSPS) is 19.8. The molecule has 25 heavy (non-hydrogen) atoms. The molecule has 1 aliphatic heterocycles. The SMILES string of the molecule is O=C(c1ccccc1)C1C(c2ccccc2)CCN1c1ccccc1. The zero-order chi connectivity index (χ0) is 17.1. The van der Waals surface area contributed by atoms with E-state index < -0.39 is 0 Å². The fraction of sp³-hybridized carbons (Fsp3) is 0.174. The Kier molecular flexibility index (Phi) is 4.34. The van der Waals surface area contributed by atoms with Gasteiger partial charge in [0.1, 0.15) is 0 Å². The van der Waals surface area contributed by atoms with Crippen molar-refractivity contribution in [2.24, 2.45) is 0 Å². The molecule has 0 radical (unpaired) electrons. The largest absolute Gasteiger partial charge is 0.360 e. The minimum Gasteiger partial charge on any atom is -0.360 e. The van der Waals surface area contributed by atoms with Gasteiger partial charge in [-0.15, -0.1) is 0 Å². The first-order valence-corrected chi connectivity index (χ1v) is 8.80. The smallest absolute Gasteiger partial charge is 0.185 e. The van der Waals surface area contributed by atoms with E-state index in [0.717, 1.165) is 24.2 Å². The molecule has 0 spiro atoms. The number of carbonyl (C=O) groups is 1. The second kappa shape index (κ2) is 6.94. The molecule has 124 valence electrons. The highest BCUT2D eigenvalue weighted by Gasteiger charge is 2.40. The van der Waals surface area contributed by atoms with Crippen LogP contribution in [0.5, 0.6) is 0 Å². The van der Waals surface area contributed by atoms with Gasteiger partial charge in [0, 0.05) is 23.7 Å². The Hall–Kier alpha value is -2.87. The molecule has 0 saturated carbocycles. The Balaban J connectivity index is 1.75. The minimum atomic E-state index is -0.160. The monoisotopic (exact) mass is 327 g/mol. The molecule has 2 heteroatoms. The van der Waals surface area contributed by atoms with Crippen LogP contribution in [0.3, 0.4) is 0 Å². The Morgan fingerprint density at radius 1 is 0.760 bits per heavy atom. The molecular formula is C23H21NO. The zero-order valence-electron chi connectivity index (χ0n) is 14.1. The lowest BCUT2D eigenvalue weighted by molar-refractivity contribution is 0.0955. The van der Waals surface area contributed by atoms with Crippen molar-refractivity contribution in [2.75, 3.05) is 11.4 Å². The van der Waals surface area contributed by atoms with Crippen molar-refractivity contribution < 1.29 is 4.79 Å². The molecule has 1 heterocycles. The van der Waals surface area contributed by atoms with Crippen LogP contribution in [0.2, 0.25) is 0 Å². The summed E-state index contributed by atoms with van der Waals surface area (Å²) in [5, 5.41) is 0. The molecular weight excluding hydrogens is 306 g/mol. The van der Waals surface area contributed by atoms with Crippen molar-refractivity contribution in [2.45, 2.75) is 18.4 Å². The third-order valence-electron chi connectivity index (χ3n) is 5.04. The van der Waals surface area contributed by atoms with Gasteiger partial charge in [0.2, 0.25) is 0 Å². The van der Waals surface area contributed by atoms with Crippen molar-refractivity contribution in [3.63, 3.8) is 0 Å². The van der Waals surface area contributed by atoms with E-state index >= 15 is 0 Å². The van der Waals surface area contributed by atoms with Crippen LogP contribution in [-0.4, -0.2) is 18.4 Å². The Labute approximate surface area is 148 Å². The molecule has 1 saturated heterocycles. The summed E-state index contributed by atoms with van der Waals surface area (Å²) in [6.07, 6.45) is 0.988. The molecule has 3 aromatic carbocycles. The molecule has 0 aromatic heterocycles. The highest BCUT2D eigenvalue weighted by molar-refractivity contribution is 6.03. The van der Waals surface area contributed by atoms with E-state index in [1.807, 2.05) is 54.6 Å². The molecule has 0 N–H and O–H groups in total. The van der Waals surface area contributed by atoms with Crippen molar-refractivity contribution in [1.82, 2.24) is 0 Å². The van der Waals surface area contributed by atoms with E-state index in [1.54, 1.807) is 0 Å². The van der Waals surface area contributed by atoms with Gasteiger partial charge in [-0.1, -0.05) is 78.9 Å². The van der Waals surface area contributed by atoms with Crippen LogP contribution in [0.1, 0.15) is 28.3 Å². The Bertz CT molecular complexity index is 782. The number of hydrogen-bond donors (Lipinski definition) is 0. The van der Waals surface area contributed by atoms with Crippen molar-refractivity contribution >= 4 is 11.5 Å². The van der Waals surface area contributed by atoms with E-state index in [0.29, 0.717) is 0 Å². The summed E-state index contributed by atoms with van der Waals surface area (Å²) in [5.74, 6) is 0.421. The van der Waals surface area contributed by atoms with Gasteiger partial charge in [0.25, 0.3) is 0 Å². The van der Waals surface area contributed by atoms with Crippen molar-refractivity contribution in [1.29, 1.82) is 0 Å². The van der Waals surface area contributed by atoms with Crippen LogP contribution in [0, 0.1) is 0 Å². The predicted octanol–water partition coefficient (Wildman–Crippen LogP) is 4.93. The quantitative estimate of drug-likeness (QED) is 0.633. The number of para-hydroxylation sites is 1. The van der Waals surface area contributed by atoms with E-state index in [2.05, 4.69) is 41.3 Å². The maximum atomic E-state index is 13.4. The number of nitrogens with zero attached hydrogens (tertiary/aromatic N) is 1. The lowest BCUT2D eigenvalue weighted by atomic mass is 9.87. The maximum absolute atomic E-state index is 13.4. The summed E-state index contributed by atoms with van der Waals surface area (Å²) >= 11 is 0. The summed E-state index contributed by atoms with van der Waals surface area (Å²) in [7, 11) is 0. The van der Waals surface area contributed by atoms with Crippen LogP contribution in [0.25, 0.3) is 0 Å². The summed E-state index contributed by atoms with van der Waals surface area (Å²) in [5.41, 5.74) is 3.15. The van der Waals surface area contributed by atoms with Gasteiger partial charge in [-0.2, -0.15) is 0 Å². The lowest BCUT2D eigenvalue weighted by Gasteiger charge is -2.29. The number of benzene rings is 3. The van der Waals surface area contributed by atoms with Crippen LogP contribution >= 0.6 is 0 Å². The number of Topliss-reactive ketones (excluding diaryl/α,β-unsaturated/α-hetero) is 1. The van der Waals surface area contributed by atoms with Gasteiger partial charge >= 0.3 is 0 Å². The van der Waals surface area contributed by atoms with Gasteiger partial charge < -0.3 is 4.90 Å². The molecule has 3 aromatic rings. The molecule has 4 rings (SSSR count). The fourth-order valence-electron chi connectivity index (χ4n) is 3.85. The number of rotatable bonds is 4. The van der Waals surface area contributed by atoms with Gasteiger partial charge in [-0.3, -0.25) is 4.79 Å². The van der Waals surface area contributed by atoms with Crippen LogP contribution in [0.4, 0.5) is 5.69 Å². The zero-order valence-corrected chi connectivity index (χ0v) is 14.1. The van der Waals surface area contributed by atoms with Crippen molar-refractivity contribution in [3.05, 3.63) is 102 Å². The van der Waals surface area contributed by atoms with Crippen LogP contribution < -0.4 is 4.90 Å². The summed E-state index contributed by atoms with van der Waals surface area (Å²) in [6.45, 7) is 0.896. The molecule has 0 amide bonds. The molecule has 2 atom stereocenters. The first-order valence-electron chi connectivity index (χ1n) is 8.80. The van der Waals surface area contributed by atoms with Gasteiger partial charge in [0.05, 0.1) is 6.04 Å². The first kappa shape index (κ1) is 15.6. The topological polar surface area (TPSA) is 20.3 Å². The molecule has 2 nitrogen and oxygen atoms in total. The van der Waals surface area contributed by atoms with Crippen LogP contribution in [0.15, 0.2) is 91.0 Å². The van der Waals surface area contributed by atoms with Crippen molar-refractivity contribution in [3.8, 4) is 0 Å². The van der Waals surface area contributed by atoms with Gasteiger partial charge in [0.15, 0.2) is 5.78 Å². The van der Waals surface area contributed by atoms with Gasteiger partial charge in [-0.05, 0) is 24.1 Å². The minimum absolute atomic E-state index is 0.160. The van der Waals surface area contributed by atoms with E-state index in [4.69, 9.17) is 0 Å².